The Morgan fingerprint density at radius 2 is 2.16 bits per heavy atom. The lowest BCUT2D eigenvalue weighted by Crippen LogP contribution is -2.04. The Morgan fingerprint density at radius 1 is 1.32 bits per heavy atom. The summed E-state index contributed by atoms with van der Waals surface area (Å²) in [6, 6.07) is 7.35. The highest BCUT2D eigenvalue weighted by molar-refractivity contribution is 5.81. The lowest BCUT2D eigenvalue weighted by molar-refractivity contribution is -0.143. The zero-order valence-corrected chi connectivity index (χ0v) is 11.1. The molecule has 0 fully saturated rings. The number of hydrogen-bond acceptors (Lipinski definition) is 3. The van der Waals surface area contributed by atoms with Crippen molar-refractivity contribution in [1.82, 2.24) is 4.57 Å². The monoisotopic (exact) mass is 261 g/mol. The van der Waals surface area contributed by atoms with E-state index in [1.807, 2.05) is 25.3 Å². The Hall–Kier alpha value is -1.97. The number of aryl methyl sites for hydroxylation is 1. The Kier molecular flexibility index (Phi) is 4.44. The van der Waals surface area contributed by atoms with Crippen molar-refractivity contribution in [3.05, 3.63) is 30.5 Å². The number of aromatic hydroxyl groups is 1. The van der Waals surface area contributed by atoms with Crippen LogP contribution in [0.3, 0.4) is 0 Å². The first-order valence-electron chi connectivity index (χ1n) is 6.64. The third kappa shape index (κ3) is 3.50. The van der Waals surface area contributed by atoms with E-state index in [0.717, 1.165) is 30.3 Å². The molecule has 0 aliphatic heterocycles. The Morgan fingerprint density at radius 3 is 2.95 bits per heavy atom. The van der Waals surface area contributed by atoms with Crippen molar-refractivity contribution in [2.45, 2.75) is 32.7 Å². The van der Waals surface area contributed by atoms with Gasteiger partial charge in [-0.1, -0.05) is 0 Å². The van der Waals surface area contributed by atoms with Gasteiger partial charge >= 0.3 is 5.97 Å². The van der Waals surface area contributed by atoms with Crippen LogP contribution in [0.25, 0.3) is 10.9 Å². The number of rotatable bonds is 6. The van der Waals surface area contributed by atoms with Crippen LogP contribution in [0.1, 0.15) is 26.2 Å². The smallest absolute Gasteiger partial charge is 0.305 e. The number of ether oxygens (including phenoxy) is 1. The molecule has 0 unspecified atom stereocenters. The minimum absolute atomic E-state index is 0.121. The van der Waals surface area contributed by atoms with Crippen molar-refractivity contribution in [3.8, 4) is 5.75 Å². The summed E-state index contributed by atoms with van der Waals surface area (Å²) in [4.78, 5) is 11.2. The first-order chi connectivity index (χ1) is 9.20. The Bertz CT molecular complexity index is 560. The summed E-state index contributed by atoms with van der Waals surface area (Å²) in [6.07, 6.45) is 4.25. The van der Waals surface area contributed by atoms with Gasteiger partial charge in [0.2, 0.25) is 0 Å². The van der Waals surface area contributed by atoms with E-state index >= 15 is 0 Å². The summed E-state index contributed by atoms with van der Waals surface area (Å²) in [5.74, 6) is 0.164. The fourth-order valence-electron chi connectivity index (χ4n) is 2.17. The lowest BCUT2D eigenvalue weighted by atomic mass is 10.2. The second-order valence-electron chi connectivity index (χ2n) is 4.51. The highest BCUT2D eigenvalue weighted by atomic mass is 16.5. The zero-order valence-electron chi connectivity index (χ0n) is 11.1. The van der Waals surface area contributed by atoms with Crippen LogP contribution in [0.4, 0.5) is 0 Å². The number of phenols is 1. The highest BCUT2D eigenvalue weighted by Crippen LogP contribution is 2.21. The second-order valence-corrected chi connectivity index (χ2v) is 4.51. The molecular formula is C15H19NO3. The van der Waals surface area contributed by atoms with Crippen LogP contribution in [0.5, 0.6) is 5.75 Å². The maximum atomic E-state index is 11.2. The summed E-state index contributed by atoms with van der Waals surface area (Å²) in [5.41, 5.74) is 1.11. The summed E-state index contributed by atoms with van der Waals surface area (Å²) in [5, 5.41) is 10.4. The average molecular weight is 261 g/mol. The van der Waals surface area contributed by atoms with E-state index in [2.05, 4.69) is 4.57 Å². The van der Waals surface area contributed by atoms with E-state index in [9.17, 15) is 9.90 Å². The predicted molar refractivity (Wildman–Crippen MR) is 74.1 cm³/mol. The van der Waals surface area contributed by atoms with Gasteiger partial charge in [0.05, 0.1) is 6.61 Å². The third-order valence-corrected chi connectivity index (χ3v) is 3.09. The molecule has 19 heavy (non-hydrogen) atoms. The van der Waals surface area contributed by atoms with Crippen LogP contribution in [0.15, 0.2) is 30.5 Å². The fraction of sp³-hybridized carbons (Fsp3) is 0.400. The van der Waals surface area contributed by atoms with Gasteiger partial charge in [0.1, 0.15) is 5.75 Å². The lowest BCUT2D eigenvalue weighted by Gasteiger charge is -2.05. The van der Waals surface area contributed by atoms with Gasteiger partial charge in [-0.3, -0.25) is 4.79 Å². The minimum Gasteiger partial charge on any atom is -0.508 e. The molecule has 0 spiro atoms. The maximum absolute atomic E-state index is 11.2. The van der Waals surface area contributed by atoms with Crippen molar-refractivity contribution in [1.29, 1.82) is 0 Å². The predicted octanol–water partition coefficient (Wildman–Crippen LogP) is 3.08. The molecule has 0 saturated carbocycles. The molecule has 4 heteroatoms. The van der Waals surface area contributed by atoms with E-state index in [4.69, 9.17) is 4.74 Å². The quantitative estimate of drug-likeness (QED) is 0.642. The maximum Gasteiger partial charge on any atom is 0.305 e. The second kappa shape index (κ2) is 6.27. The molecule has 0 saturated heterocycles. The topological polar surface area (TPSA) is 51.5 Å². The van der Waals surface area contributed by atoms with Crippen molar-refractivity contribution in [3.63, 3.8) is 0 Å². The van der Waals surface area contributed by atoms with Gasteiger partial charge in [-0.15, -0.1) is 0 Å². The van der Waals surface area contributed by atoms with Crippen LogP contribution in [-0.4, -0.2) is 22.2 Å². The van der Waals surface area contributed by atoms with E-state index in [-0.39, 0.29) is 11.7 Å². The summed E-state index contributed by atoms with van der Waals surface area (Å²) in [7, 11) is 0. The SMILES string of the molecule is CCOC(=O)CCCCn1ccc2cc(O)ccc21. The number of carbonyl (C=O) groups excluding carboxylic acids is 1. The first-order valence-corrected chi connectivity index (χ1v) is 6.64. The Balaban J connectivity index is 1.86. The molecular weight excluding hydrogens is 242 g/mol. The van der Waals surface area contributed by atoms with Crippen molar-refractivity contribution >= 4 is 16.9 Å². The van der Waals surface area contributed by atoms with E-state index in [1.165, 1.54) is 0 Å². The van der Waals surface area contributed by atoms with Crippen molar-refractivity contribution < 1.29 is 14.6 Å². The largest absolute Gasteiger partial charge is 0.508 e. The van der Waals surface area contributed by atoms with Gasteiger partial charge in [0, 0.05) is 30.1 Å². The Labute approximate surface area is 112 Å². The standard InChI is InChI=1S/C15H19NO3/c1-2-19-15(18)5-3-4-9-16-10-8-12-11-13(17)6-7-14(12)16/h6-8,10-11,17H,2-5,9H2,1H3. The normalized spacial score (nSPS) is 10.8. The number of nitrogens with zero attached hydrogens (tertiary/aromatic N) is 1. The number of hydrogen-bond donors (Lipinski definition) is 1. The van der Waals surface area contributed by atoms with Crippen LogP contribution < -0.4 is 0 Å². The molecule has 2 aromatic rings. The summed E-state index contributed by atoms with van der Waals surface area (Å²) in [6.45, 7) is 3.14. The molecule has 1 aromatic heterocycles. The van der Waals surface area contributed by atoms with E-state index in [1.54, 1.807) is 12.1 Å². The molecule has 102 valence electrons. The van der Waals surface area contributed by atoms with Crippen LogP contribution in [0.2, 0.25) is 0 Å². The van der Waals surface area contributed by atoms with E-state index in [0.29, 0.717) is 13.0 Å². The molecule has 1 aromatic carbocycles. The summed E-state index contributed by atoms with van der Waals surface area (Å²) >= 11 is 0. The van der Waals surface area contributed by atoms with Crippen molar-refractivity contribution in [2.24, 2.45) is 0 Å². The number of fused-ring (bicyclic) bond motifs is 1. The molecule has 1 N–H and O–H groups in total. The van der Waals surface area contributed by atoms with E-state index < -0.39 is 0 Å². The minimum atomic E-state index is -0.121. The van der Waals surface area contributed by atoms with Gasteiger partial charge in [-0.25, -0.2) is 0 Å². The van der Waals surface area contributed by atoms with Crippen LogP contribution in [-0.2, 0) is 16.1 Å². The number of benzene rings is 1. The number of esters is 1. The first kappa shape index (κ1) is 13.5. The van der Waals surface area contributed by atoms with Gasteiger partial charge in [-0.05, 0) is 44.0 Å². The molecule has 0 aliphatic carbocycles. The molecule has 1 heterocycles. The fourth-order valence-corrected chi connectivity index (χ4v) is 2.17. The number of unbranched alkanes of at least 4 members (excludes halogenated alkanes) is 1. The van der Waals surface area contributed by atoms with Crippen LogP contribution >= 0.6 is 0 Å². The molecule has 0 bridgehead atoms. The summed E-state index contributed by atoms with van der Waals surface area (Å²) < 4.78 is 7.03. The molecule has 4 nitrogen and oxygen atoms in total. The number of phenolic OH excluding ortho intramolecular Hbond substituents is 1. The molecule has 0 aliphatic rings. The third-order valence-electron chi connectivity index (χ3n) is 3.09. The zero-order chi connectivity index (χ0) is 13.7. The van der Waals surface area contributed by atoms with Gasteiger partial charge in [0.15, 0.2) is 0 Å². The molecule has 0 amide bonds. The number of carbonyl (C=O) groups is 1. The molecule has 2 rings (SSSR count). The van der Waals surface area contributed by atoms with Crippen LogP contribution in [0, 0.1) is 0 Å². The van der Waals surface area contributed by atoms with Gasteiger partial charge in [0.25, 0.3) is 0 Å². The number of aromatic nitrogens is 1. The average Bonchev–Trinajstić information content (AvgIpc) is 2.77. The molecule has 0 atom stereocenters. The van der Waals surface area contributed by atoms with Crippen molar-refractivity contribution in [2.75, 3.05) is 6.61 Å². The molecule has 0 radical (unpaired) electrons. The highest BCUT2D eigenvalue weighted by Gasteiger charge is 2.03. The van der Waals surface area contributed by atoms with Gasteiger partial charge < -0.3 is 14.4 Å². The van der Waals surface area contributed by atoms with Gasteiger partial charge in [-0.2, -0.15) is 0 Å².